The number of hydrogen-bond acceptors (Lipinski definition) is 7. The second-order valence-corrected chi connectivity index (χ2v) is 10.4. The number of carbonyl (C=O) groups is 1. The quantitative estimate of drug-likeness (QED) is 0.531. The predicted octanol–water partition coefficient (Wildman–Crippen LogP) is 2.22. The van der Waals surface area contributed by atoms with Crippen molar-refractivity contribution in [2.24, 2.45) is 4.99 Å². The summed E-state index contributed by atoms with van der Waals surface area (Å²) in [7, 11) is -3.95. The first-order valence-electron chi connectivity index (χ1n) is 8.60. The Balaban J connectivity index is 2.37. The summed E-state index contributed by atoms with van der Waals surface area (Å²) in [5, 5.41) is 21.5. The van der Waals surface area contributed by atoms with Crippen LogP contribution in [0.15, 0.2) is 23.2 Å². The molecule has 0 saturated carbocycles. The summed E-state index contributed by atoms with van der Waals surface area (Å²) >= 11 is 0. The van der Waals surface area contributed by atoms with Gasteiger partial charge in [-0.2, -0.15) is 0 Å². The van der Waals surface area contributed by atoms with Gasteiger partial charge in [0.15, 0.2) is 9.84 Å². The Labute approximate surface area is 161 Å². The van der Waals surface area contributed by atoms with Gasteiger partial charge in [0.2, 0.25) is 0 Å². The number of amides is 1. The first-order chi connectivity index (χ1) is 12.8. The number of sulfone groups is 1. The van der Waals surface area contributed by atoms with E-state index in [1.165, 1.54) is 39.0 Å². The van der Waals surface area contributed by atoms with Crippen LogP contribution in [0, 0.1) is 10.1 Å². The smallest absolute Gasteiger partial charge is 0.410 e. The van der Waals surface area contributed by atoms with Crippen LogP contribution in [-0.2, 0) is 15.4 Å². The largest absolute Gasteiger partial charge is 0.490 e. The third kappa shape index (κ3) is 2.81. The number of nitrogens with zero attached hydrogens (tertiary/aromatic N) is 2. The number of nitrogens with one attached hydrogen (secondary N) is 1. The summed E-state index contributed by atoms with van der Waals surface area (Å²) in [5.41, 5.74) is -1.46. The van der Waals surface area contributed by atoms with Gasteiger partial charge in [-0.1, -0.05) is 0 Å². The molecule has 0 spiro atoms. The molecule has 152 valence electrons. The molecule has 3 rings (SSSR count). The molecule has 0 unspecified atom stereocenters. The van der Waals surface area contributed by atoms with Gasteiger partial charge >= 0.3 is 6.09 Å². The van der Waals surface area contributed by atoms with Gasteiger partial charge in [-0.15, -0.1) is 0 Å². The van der Waals surface area contributed by atoms with Crippen molar-refractivity contribution >= 4 is 27.5 Å². The van der Waals surface area contributed by atoms with E-state index in [1.807, 2.05) is 0 Å². The third-order valence-electron chi connectivity index (χ3n) is 5.45. The lowest BCUT2D eigenvalue weighted by Crippen LogP contribution is -2.61. The molecule has 0 fully saturated rings. The molecule has 2 N–H and O–H groups in total. The Kier molecular flexibility index (Phi) is 4.41. The average molecular weight is 411 g/mol. The van der Waals surface area contributed by atoms with Gasteiger partial charge in [0.1, 0.15) is 21.9 Å². The lowest BCUT2D eigenvalue weighted by atomic mass is 9.85. The molecule has 2 aliphatic heterocycles. The first-order valence-corrected chi connectivity index (χ1v) is 10.1. The maximum absolute atomic E-state index is 13.5. The lowest BCUT2D eigenvalue weighted by molar-refractivity contribution is -0.385. The molecule has 0 aliphatic carbocycles. The van der Waals surface area contributed by atoms with E-state index in [1.54, 1.807) is 6.92 Å². The fourth-order valence-corrected chi connectivity index (χ4v) is 6.18. The van der Waals surface area contributed by atoms with Crippen molar-refractivity contribution in [1.82, 2.24) is 5.32 Å². The van der Waals surface area contributed by atoms with E-state index in [0.717, 1.165) is 0 Å². The summed E-state index contributed by atoms with van der Waals surface area (Å²) in [4.78, 5) is 26.4. The lowest BCUT2D eigenvalue weighted by Gasteiger charge is -2.44. The van der Waals surface area contributed by atoms with Crippen molar-refractivity contribution in [3.63, 3.8) is 0 Å². The molecule has 3 atom stereocenters. The predicted molar refractivity (Wildman–Crippen MR) is 101 cm³/mol. The Bertz CT molecular complexity index is 1000. The van der Waals surface area contributed by atoms with Gasteiger partial charge in [0, 0.05) is 24.1 Å². The summed E-state index contributed by atoms with van der Waals surface area (Å²) < 4.78 is 31.2. The minimum atomic E-state index is -3.95. The molecule has 2 aliphatic rings. The van der Waals surface area contributed by atoms with Crippen LogP contribution in [0.2, 0.25) is 0 Å². The molecule has 2 heterocycles. The molecule has 0 radical (unpaired) electrons. The van der Waals surface area contributed by atoms with Crippen molar-refractivity contribution in [3.8, 4) is 5.75 Å². The number of aliphatic imine (C=N–C) groups is 1. The van der Waals surface area contributed by atoms with Gasteiger partial charge in [-0.05, 0) is 33.8 Å². The van der Waals surface area contributed by atoms with Gasteiger partial charge in [0.25, 0.3) is 5.69 Å². The highest BCUT2D eigenvalue weighted by Gasteiger charge is 2.59. The maximum atomic E-state index is 13.5. The third-order valence-corrected chi connectivity index (χ3v) is 8.46. The number of hydrogen-bond donors (Lipinski definition) is 2. The Hall–Kier alpha value is -2.69. The number of fused-ring (bicyclic) bond motifs is 3. The van der Waals surface area contributed by atoms with Crippen LogP contribution in [0.4, 0.5) is 10.5 Å². The number of rotatable bonds is 1. The molecule has 1 amide bonds. The number of nitro benzene ring substituents is 1. The van der Waals surface area contributed by atoms with E-state index in [-0.39, 0.29) is 29.3 Å². The number of carboxylic acid groups (broad SMARTS) is 1. The Morgan fingerprint density at radius 2 is 2.04 bits per heavy atom. The highest BCUT2D eigenvalue weighted by atomic mass is 32.2. The fraction of sp³-hybridized carbons (Fsp3) is 0.529. The van der Waals surface area contributed by atoms with E-state index in [9.17, 15) is 23.3 Å². The van der Waals surface area contributed by atoms with E-state index in [0.29, 0.717) is 0 Å². The molecule has 10 nitrogen and oxygen atoms in total. The van der Waals surface area contributed by atoms with Crippen molar-refractivity contribution in [1.29, 1.82) is 0 Å². The zero-order valence-corrected chi connectivity index (χ0v) is 16.6. The van der Waals surface area contributed by atoms with Crippen LogP contribution >= 0.6 is 0 Å². The number of non-ortho nitro benzene ring substituents is 1. The van der Waals surface area contributed by atoms with E-state index < -0.39 is 42.5 Å². The Morgan fingerprint density at radius 3 is 2.61 bits per heavy atom. The van der Waals surface area contributed by atoms with Crippen LogP contribution in [-0.4, -0.2) is 46.5 Å². The summed E-state index contributed by atoms with van der Waals surface area (Å²) in [6, 6.07) is 3.94. The van der Waals surface area contributed by atoms with Crippen LogP contribution in [0.5, 0.6) is 5.75 Å². The van der Waals surface area contributed by atoms with Crippen LogP contribution in [0.3, 0.4) is 0 Å². The van der Waals surface area contributed by atoms with Crippen molar-refractivity contribution < 1.29 is 28.0 Å². The van der Waals surface area contributed by atoms with Gasteiger partial charge in [0.05, 0.1) is 16.3 Å². The SMILES string of the molecule is C[C@H]1C[C@@H]2[C@](C)(N=C(NC(=O)O)C(C)(C)S2(=O)=O)c2cc([N+](=O)[O-])ccc2O1. The molecule has 0 saturated heterocycles. The van der Waals surface area contributed by atoms with Crippen molar-refractivity contribution in [3.05, 3.63) is 33.9 Å². The number of amidine groups is 1. The van der Waals surface area contributed by atoms with Gasteiger partial charge in [-0.3, -0.25) is 20.4 Å². The zero-order valence-electron chi connectivity index (χ0n) is 15.8. The highest BCUT2D eigenvalue weighted by Crippen LogP contribution is 2.49. The molecule has 28 heavy (non-hydrogen) atoms. The molecule has 11 heteroatoms. The second kappa shape index (κ2) is 6.16. The Morgan fingerprint density at radius 1 is 1.39 bits per heavy atom. The maximum Gasteiger partial charge on any atom is 0.410 e. The van der Waals surface area contributed by atoms with Crippen molar-refractivity contribution in [2.75, 3.05) is 0 Å². The molecule has 1 aromatic rings. The zero-order chi connectivity index (χ0) is 21.1. The molecule has 0 aromatic heterocycles. The van der Waals surface area contributed by atoms with Gasteiger partial charge < -0.3 is 9.84 Å². The van der Waals surface area contributed by atoms with E-state index >= 15 is 0 Å². The van der Waals surface area contributed by atoms with E-state index in [4.69, 9.17) is 9.84 Å². The molecular formula is C17H21N3O7S. The molecular weight excluding hydrogens is 390 g/mol. The van der Waals surface area contributed by atoms with Crippen molar-refractivity contribution in [2.45, 2.75) is 55.8 Å². The normalized spacial score (nSPS) is 29.9. The number of nitro groups is 1. The van der Waals surface area contributed by atoms with Crippen LogP contribution in [0.25, 0.3) is 0 Å². The first kappa shape index (κ1) is 20.1. The summed E-state index contributed by atoms with van der Waals surface area (Å²) in [6.45, 7) is 6.04. The van der Waals surface area contributed by atoms with Gasteiger partial charge in [-0.25, -0.2) is 13.2 Å². The summed E-state index contributed by atoms with van der Waals surface area (Å²) in [5.74, 6) is 0.0576. The number of ether oxygens (including phenoxy) is 1. The minimum absolute atomic E-state index is 0.106. The standard InChI is InChI=1S/C17H21N3O7S/c1-9-7-13-17(4,11-8-10(20(23)24)5-6-12(11)27-9)19-14(18-15(21)22)16(2,3)28(13,25)26/h5-6,8-9,13H,7H2,1-4H3,(H,18,19)(H,21,22)/t9-,13+,17+/m0/s1. The summed E-state index contributed by atoms with van der Waals surface area (Å²) in [6.07, 6.45) is -1.82. The molecule has 0 bridgehead atoms. The topological polar surface area (TPSA) is 148 Å². The van der Waals surface area contributed by atoms with Crippen LogP contribution in [0.1, 0.15) is 39.7 Å². The second-order valence-electron chi connectivity index (χ2n) is 7.68. The minimum Gasteiger partial charge on any atom is -0.490 e. The molecule has 1 aromatic carbocycles. The average Bonchev–Trinajstić information content (AvgIpc) is 2.67. The van der Waals surface area contributed by atoms with E-state index in [2.05, 4.69) is 10.3 Å². The number of benzene rings is 1. The monoisotopic (exact) mass is 411 g/mol. The highest BCUT2D eigenvalue weighted by molar-refractivity contribution is 7.94. The van der Waals surface area contributed by atoms with Crippen LogP contribution < -0.4 is 10.1 Å². The fourth-order valence-electron chi connectivity index (χ4n) is 3.80.